The van der Waals surface area contributed by atoms with Gasteiger partial charge in [-0.2, -0.15) is 11.3 Å². The van der Waals surface area contributed by atoms with Gasteiger partial charge in [0.1, 0.15) is 6.04 Å². The minimum atomic E-state index is -0.700. The second-order valence-electron chi connectivity index (χ2n) is 6.87. The van der Waals surface area contributed by atoms with Crippen LogP contribution >= 0.6 is 11.3 Å². The van der Waals surface area contributed by atoms with Crippen LogP contribution in [0.3, 0.4) is 0 Å². The number of carboxylic acids is 1. The van der Waals surface area contributed by atoms with Gasteiger partial charge in [-0.25, -0.2) is 0 Å². The summed E-state index contributed by atoms with van der Waals surface area (Å²) in [5.41, 5.74) is 3.70. The molecule has 2 heterocycles. The van der Waals surface area contributed by atoms with Gasteiger partial charge in [0.05, 0.1) is 6.04 Å². The molecule has 1 N–H and O–H groups in total. The highest BCUT2D eigenvalue weighted by molar-refractivity contribution is 7.08. The first-order valence-corrected chi connectivity index (χ1v) is 9.62. The zero-order valence-corrected chi connectivity index (χ0v) is 15.1. The van der Waals surface area contributed by atoms with Crippen molar-refractivity contribution in [1.82, 2.24) is 4.90 Å². The number of rotatable bonds is 5. The largest absolute Gasteiger partial charge is 0.480 e. The molecule has 0 spiro atoms. The lowest BCUT2D eigenvalue weighted by Gasteiger charge is -2.39. The molecule has 1 aliphatic heterocycles. The Morgan fingerprint density at radius 2 is 1.83 bits per heavy atom. The summed E-state index contributed by atoms with van der Waals surface area (Å²) in [6.45, 7) is 5.22. The molecule has 24 heavy (non-hydrogen) atoms. The summed E-state index contributed by atoms with van der Waals surface area (Å²) in [6.07, 6.45) is 2.80. The topological polar surface area (TPSA) is 40.5 Å². The van der Waals surface area contributed by atoms with Crippen LogP contribution in [0.25, 0.3) is 0 Å². The Morgan fingerprint density at radius 3 is 2.42 bits per heavy atom. The Hall–Kier alpha value is -1.65. The van der Waals surface area contributed by atoms with Crippen LogP contribution in [0.5, 0.6) is 0 Å². The van der Waals surface area contributed by atoms with Gasteiger partial charge in [0, 0.05) is 0 Å². The Bertz CT molecular complexity index is 663. The Balaban J connectivity index is 1.99. The molecular formula is C20H25NO2S. The van der Waals surface area contributed by atoms with Crippen LogP contribution in [0.15, 0.2) is 41.1 Å². The standard InChI is InChI=1S/C20H25NO2S/c1-14(2)15-6-8-16(9-7-15)19(17-10-12-24-13-17)21-11-4-3-5-18(21)20(22)23/h6-10,12-14,18-19H,3-5,11H2,1-2H3,(H,22,23). The highest BCUT2D eigenvalue weighted by Gasteiger charge is 2.35. The number of likely N-dealkylation sites (tertiary alicyclic amines) is 1. The number of aliphatic carboxylic acids is 1. The molecule has 0 amide bonds. The molecular weight excluding hydrogens is 318 g/mol. The van der Waals surface area contributed by atoms with Gasteiger partial charge in [-0.15, -0.1) is 0 Å². The van der Waals surface area contributed by atoms with Crippen molar-refractivity contribution in [3.8, 4) is 0 Å². The molecule has 0 radical (unpaired) electrons. The fraction of sp³-hybridized carbons (Fsp3) is 0.450. The van der Waals surface area contributed by atoms with Crippen molar-refractivity contribution < 1.29 is 9.90 Å². The third-order valence-electron chi connectivity index (χ3n) is 4.94. The number of carbonyl (C=O) groups is 1. The van der Waals surface area contributed by atoms with Crippen molar-refractivity contribution in [3.63, 3.8) is 0 Å². The van der Waals surface area contributed by atoms with Gasteiger partial charge >= 0.3 is 5.97 Å². The first kappa shape index (κ1) is 17.2. The first-order chi connectivity index (χ1) is 11.6. The Labute approximate surface area is 147 Å². The molecule has 1 aromatic heterocycles. The summed E-state index contributed by atoms with van der Waals surface area (Å²) in [5.74, 6) is -0.200. The average molecular weight is 343 g/mol. The van der Waals surface area contributed by atoms with Gasteiger partial charge in [0.2, 0.25) is 0 Å². The van der Waals surface area contributed by atoms with E-state index < -0.39 is 12.0 Å². The molecule has 1 saturated heterocycles. The van der Waals surface area contributed by atoms with E-state index >= 15 is 0 Å². The van der Waals surface area contributed by atoms with Gasteiger partial charge in [0.15, 0.2) is 0 Å². The Morgan fingerprint density at radius 1 is 1.12 bits per heavy atom. The molecule has 2 unspecified atom stereocenters. The van der Waals surface area contributed by atoms with Crippen LogP contribution in [0, 0.1) is 0 Å². The molecule has 4 heteroatoms. The van der Waals surface area contributed by atoms with E-state index in [9.17, 15) is 9.90 Å². The lowest BCUT2D eigenvalue weighted by atomic mass is 9.91. The highest BCUT2D eigenvalue weighted by atomic mass is 32.1. The second kappa shape index (κ2) is 7.49. The molecule has 1 aliphatic rings. The van der Waals surface area contributed by atoms with Crippen LogP contribution in [-0.2, 0) is 4.79 Å². The van der Waals surface area contributed by atoms with Crippen molar-refractivity contribution in [2.75, 3.05) is 6.54 Å². The van der Waals surface area contributed by atoms with E-state index in [2.05, 4.69) is 59.8 Å². The summed E-state index contributed by atoms with van der Waals surface area (Å²) in [4.78, 5) is 14.0. The van der Waals surface area contributed by atoms with Gasteiger partial charge in [-0.05, 0) is 58.8 Å². The Kier molecular flexibility index (Phi) is 5.36. The fourth-order valence-corrected chi connectivity index (χ4v) is 4.28. The maximum atomic E-state index is 11.8. The second-order valence-corrected chi connectivity index (χ2v) is 7.65. The summed E-state index contributed by atoms with van der Waals surface area (Å²) in [5, 5.41) is 13.9. The van der Waals surface area contributed by atoms with Crippen LogP contribution in [0.2, 0.25) is 0 Å². The normalized spacial score (nSPS) is 20.2. The summed E-state index contributed by atoms with van der Waals surface area (Å²) in [7, 11) is 0. The van der Waals surface area contributed by atoms with E-state index in [1.165, 1.54) is 16.7 Å². The van der Waals surface area contributed by atoms with E-state index in [4.69, 9.17) is 0 Å². The maximum absolute atomic E-state index is 11.8. The highest BCUT2D eigenvalue weighted by Crippen LogP contribution is 2.35. The summed E-state index contributed by atoms with van der Waals surface area (Å²) >= 11 is 1.67. The van der Waals surface area contributed by atoms with Crippen LogP contribution in [0.1, 0.15) is 61.8 Å². The van der Waals surface area contributed by atoms with Crippen molar-refractivity contribution in [1.29, 1.82) is 0 Å². The monoisotopic (exact) mass is 343 g/mol. The molecule has 128 valence electrons. The number of piperidine rings is 1. The van der Waals surface area contributed by atoms with Crippen molar-refractivity contribution in [2.45, 2.75) is 51.1 Å². The third-order valence-corrected chi connectivity index (χ3v) is 5.64. The predicted molar refractivity (Wildman–Crippen MR) is 98.7 cm³/mol. The van der Waals surface area contributed by atoms with E-state index in [0.717, 1.165) is 25.8 Å². The smallest absolute Gasteiger partial charge is 0.320 e. The van der Waals surface area contributed by atoms with Crippen LogP contribution in [-0.4, -0.2) is 28.6 Å². The first-order valence-electron chi connectivity index (χ1n) is 8.68. The van der Waals surface area contributed by atoms with E-state index in [-0.39, 0.29) is 6.04 Å². The molecule has 1 aromatic carbocycles. The van der Waals surface area contributed by atoms with Crippen LogP contribution < -0.4 is 0 Å². The summed E-state index contributed by atoms with van der Waals surface area (Å²) in [6, 6.07) is 10.5. The molecule has 0 bridgehead atoms. The lowest BCUT2D eigenvalue weighted by molar-refractivity contribution is -0.145. The predicted octanol–water partition coefficient (Wildman–Crippen LogP) is 4.90. The molecule has 0 aliphatic carbocycles. The zero-order valence-electron chi connectivity index (χ0n) is 14.3. The molecule has 1 fully saturated rings. The third kappa shape index (κ3) is 3.55. The minimum absolute atomic E-state index is 0.0267. The van der Waals surface area contributed by atoms with Crippen LogP contribution in [0.4, 0.5) is 0 Å². The van der Waals surface area contributed by atoms with E-state index in [1.807, 2.05) is 0 Å². The van der Waals surface area contributed by atoms with Gasteiger partial charge in [-0.3, -0.25) is 9.69 Å². The van der Waals surface area contributed by atoms with E-state index in [0.29, 0.717) is 5.92 Å². The lowest BCUT2D eigenvalue weighted by Crippen LogP contribution is -2.46. The number of hydrogen-bond donors (Lipinski definition) is 1. The average Bonchev–Trinajstić information content (AvgIpc) is 3.10. The number of carboxylic acid groups (broad SMARTS) is 1. The van der Waals surface area contributed by atoms with Gasteiger partial charge in [-0.1, -0.05) is 44.5 Å². The maximum Gasteiger partial charge on any atom is 0.320 e. The zero-order chi connectivity index (χ0) is 17.1. The molecule has 2 atom stereocenters. The minimum Gasteiger partial charge on any atom is -0.480 e. The van der Waals surface area contributed by atoms with Crippen molar-refractivity contribution in [3.05, 3.63) is 57.8 Å². The number of thiophene rings is 1. The number of hydrogen-bond acceptors (Lipinski definition) is 3. The number of benzene rings is 1. The quantitative estimate of drug-likeness (QED) is 0.839. The van der Waals surface area contributed by atoms with Gasteiger partial charge < -0.3 is 5.11 Å². The van der Waals surface area contributed by atoms with Crippen molar-refractivity contribution in [2.24, 2.45) is 0 Å². The molecule has 3 rings (SSSR count). The van der Waals surface area contributed by atoms with Gasteiger partial charge in [0.25, 0.3) is 0 Å². The molecule has 0 saturated carbocycles. The molecule has 2 aromatic rings. The SMILES string of the molecule is CC(C)c1ccc(C(c2ccsc2)N2CCCCC2C(=O)O)cc1. The number of nitrogens with zero attached hydrogens (tertiary/aromatic N) is 1. The summed E-state index contributed by atoms with van der Waals surface area (Å²) < 4.78 is 0. The van der Waals surface area contributed by atoms with Crippen molar-refractivity contribution >= 4 is 17.3 Å². The fourth-order valence-electron chi connectivity index (χ4n) is 3.60. The molecule has 3 nitrogen and oxygen atoms in total. The van der Waals surface area contributed by atoms with E-state index in [1.54, 1.807) is 11.3 Å².